The van der Waals surface area contributed by atoms with Crippen molar-refractivity contribution < 1.29 is 9.47 Å². The quantitative estimate of drug-likeness (QED) is 0.799. The summed E-state index contributed by atoms with van der Waals surface area (Å²) < 4.78 is 11.5. The van der Waals surface area contributed by atoms with E-state index < -0.39 is 0 Å². The molecule has 0 aliphatic carbocycles. The highest BCUT2D eigenvalue weighted by molar-refractivity contribution is 8.00. The summed E-state index contributed by atoms with van der Waals surface area (Å²) in [6, 6.07) is 6.18. The Hall–Kier alpha value is -0.670. The number of fused-ring (bicyclic) bond motifs is 1. The second kappa shape index (κ2) is 5.32. The van der Waals surface area contributed by atoms with E-state index >= 15 is 0 Å². The maximum atomic E-state index is 6.09. The molecule has 0 fully saturated rings. The van der Waals surface area contributed by atoms with Gasteiger partial charge in [-0.3, -0.25) is 0 Å². The predicted molar refractivity (Wildman–Crippen MR) is 71.6 cm³/mol. The van der Waals surface area contributed by atoms with Crippen LogP contribution in [0.25, 0.3) is 0 Å². The van der Waals surface area contributed by atoms with Crippen LogP contribution < -0.4 is 4.74 Å². The summed E-state index contributed by atoms with van der Waals surface area (Å²) in [7, 11) is 1.74. The van der Waals surface area contributed by atoms with Gasteiger partial charge in [-0.2, -0.15) is 0 Å². The average molecular weight is 252 g/mol. The van der Waals surface area contributed by atoms with Crippen LogP contribution in [-0.2, 0) is 11.3 Å². The lowest BCUT2D eigenvalue weighted by Crippen LogP contribution is -2.30. The molecule has 94 valence electrons. The number of ether oxygens (including phenoxy) is 2. The minimum absolute atomic E-state index is 0.0591. The van der Waals surface area contributed by atoms with Gasteiger partial charge in [-0.25, -0.2) is 0 Å². The molecule has 3 heteroatoms. The molecule has 2 nitrogen and oxygen atoms in total. The predicted octanol–water partition coefficient (Wildman–Crippen LogP) is 4.22. The first-order valence-corrected chi connectivity index (χ1v) is 7.05. The van der Waals surface area contributed by atoms with Crippen molar-refractivity contribution in [3.8, 4) is 5.75 Å². The molecule has 2 rings (SSSR count). The third-order valence-corrected chi connectivity index (χ3v) is 4.88. The third-order valence-electron chi connectivity index (χ3n) is 3.23. The van der Waals surface area contributed by atoms with Crippen molar-refractivity contribution in [2.24, 2.45) is 0 Å². The van der Waals surface area contributed by atoms with Crippen LogP contribution in [0.15, 0.2) is 23.1 Å². The van der Waals surface area contributed by atoms with Crippen LogP contribution in [0.1, 0.15) is 38.7 Å². The summed E-state index contributed by atoms with van der Waals surface area (Å²) >= 11 is 1.83. The maximum Gasteiger partial charge on any atom is 0.132 e. The first kappa shape index (κ1) is 12.8. The zero-order valence-electron chi connectivity index (χ0n) is 10.8. The fourth-order valence-electron chi connectivity index (χ4n) is 2.23. The van der Waals surface area contributed by atoms with Crippen molar-refractivity contribution in [2.45, 2.75) is 49.5 Å². The van der Waals surface area contributed by atoms with Crippen LogP contribution in [0.3, 0.4) is 0 Å². The largest absolute Gasteiger partial charge is 0.496 e. The highest BCUT2D eigenvalue weighted by atomic mass is 32.2. The Balaban J connectivity index is 2.33. The van der Waals surface area contributed by atoms with Crippen LogP contribution >= 0.6 is 11.8 Å². The number of hydrogen-bond acceptors (Lipinski definition) is 3. The smallest absolute Gasteiger partial charge is 0.132 e. The van der Waals surface area contributed by atoms with E-state index in [1.165, 1.54) is 10.5 Å². The summed E-state index contributed by atoms with van der Waals surface area (Å²) in [5.41, 5.74) is 1.24. The standard InChI is InChI=1S/C14H20O2S/c1-4-9-14(5-2)16-10-11-7-6-8-12(15-3)13(11)17-14/h6-8H,4-5,9-10H2,1-3H3. The molecule has 1 heterocycles. The Bertz CT molecular complexity index is 378. The van der Waals surface area contributed by atoms with Crippen molar-refractivity contribution in [3.63, 3.8) is 0 Å². The molecule has 0 radical (unpaired) electrons. The molecule has 1 aromatic rings. The van der Waals surface area contributed by atoms with Crippen molar-refractivity contribution in [1.29, 1.82) is 0 Å². The average Bonchev–Trinajstić information content (AvgIpc) is 2.38. The SMILES string of the molecule is CCCC1(CC)OCc2cccc(OC)c2S1. The minimum atomic E-state index is -0.0591. The Morgan fingerprint density at radius 3 is 2.88 bits per heavy atom. The van der Waals surface area contributed by atoms with E-state index in [1.807, 2.05) is 23.9 Å². The maximum absolute atomic E-state index is 6.09. The van der Waals surface area contributed by atoms with E-state index in [-0.39, 0.29) is 4.93 Å². The third kappa shape index (κ3) is 2.45. The Morgan fingerprint density at radius 2 is 2.24 bits per heavy atom. The summed E-state index contributed by atoms with van der Waals surface area (Å²) in [5.74, 6) is 0.977. The highest BCUT2D eigenvalue weighted by Crippen LogP contribution is 2.49. The normalized spacial score (nSPS) is 23.2. The fourth-order valence-corrected chi connectivity index (χ4v) is 3.68. The fraction of sp³-hybridized carbons (Fsp3) is 0.571. The molecule has 1 aliphatic heterocycles. The van der Waals surface area contributed by atoms with Crippen LogP contribution in [0.5, 0.6) is 5.75 Å². The van der Waals surface area contributed by atoms with Gasteiger partial charge in [0.25, 0.3) is 0 Å². The molecule has 1 unspecified atom stereocenters. The van der Waals surface area contributed by atoms with Gasteiger partial charge in [0.2, 0.25) is 0 Å². The summed E-state index contributed by atoms with van der Waals surface area (Å²) in [4.78, 5) is 1.20. The lowest BCUT2D eigenvalue weighted by Gasteiger charge is -2.37. The first-order chi connectivity index (χ1) is 8.24. The second-order valence-electron chi connectivity index (χ2n) is 4.35. The van der Waals surface area contributed by atoms with Crippen molar-refractivity contribution in [3.05, 3.63) is 23.8 Å². The summed E-state index contributed by atoms with van der Waals surface area (Å²) in [6.07, 6.45) is 3.26. The second-order valence-corrected chi connectivity index (χ2v) is 5.71. The highest BCUT2D eigenvalue weighted by Gasteiger charge is 2.35. The Morgan fingerprint density at radius 1 is 1.41 bits per heavy atom. The lowest BCUT2D eigenvalue weighted by molar-refractivity contribution is -0.00159. The lowest BCUT2D eigenvalue weighted by atomic mass is 10.1. The molecule has 1 atom stereocenters. The van der Waals surface area contributed by atoms with Gasteiger partial charge in [0.05, 0.1) is 18.6 Å². The van der Waals surface area contributed by atoms with Gasteiger partial charge in [0, 0.05) is 0 Å². The Labute approximate surface area is 108 Å². The van der Waals surface area contributed by atoms with Gasteiger partial charge in [-0.1, -0.05) is 44.2 Å². The van der Waals surface area contributed by atoms with E-state index in [9.17, 15) is 0 Å². The number of rotatable bonds is 4. The van der Waals surface area contributed by atoms with Crippen LogP contribution in [0, 0.1) is 0 Å². The molecule has 0 N–H and O–H groups in total. The molecule has 1 aromatic carbocycles. The molecule has 0 saturated carbocycles. The number of hydrogen-bond donors (Lipinski definition) is 0. The summed E-state index contributed by atoms with van der Waals surface area (Å²) in [5, 5.41) is 0. The topological polar surface area (TPSA) is 18.5 Å². The monoisotopic (exact) mass is 252 g/mol. The minimum Gasteiger partial charge on any atom is -0.496 e. The van der Waals surface area contributed by atoms with Crippen LogP contribution in [0.2, 0.25) is 0 Å². The molecule has 1 aliphatic rings. The van der Waals surface area contributed by atoms with E-state index in [2.05, 4.69) is 19.9 Å². The van der Waals surface area contributed by atoms with Crippen molar-refractivity contribution in [2.75, 3.05) is 7.11 Å². The van der Waals surface area contributed by atoms with Gasteiger partial charge >= 0.3 is 0 Å². The molecule has 17 heavy (non-hydrogen) atoms. The van der Waals surface area contributed by atoms with Gasteiger partial charge in [-0.15, -0.1) is 0 Å². The summed E-state index contributed by atoms with van der Waals surface area (Å²) in [6.45, 7) is 5.11. The van der Waals surface area contributed by atoms with E-state index in [4.69, 9.17) is 9.47 Å². The number of benzene rings is 1. The Kier molecular flexibility index (Phi) is 4.00. The zero-order valence-corrected chi connectivity index (χ0v) is 11.6. The van der Waals surface area contributed by atoms with E-state index in [0.717, 1.165) is 25.0 Å². The van der Waals surface area contributed by atoms with Crippen molar-refractivity contribution >= 4 is 11.8 Å². The molecular formula is C14H20O2S. The van der Waals surface area contributed by atoms with Crippen molar-refractivity contribution in [1.82, 2.24) is 0 Å². The number of thioether (sulfide) groups is 1. The molecule has 0 saturated heterocycles. The van der Waals surface area contributed by atoms with Crippen LogP contribution in [0.4, 0.5) is 0 Å². The molecule has 0 spiro atoms. The van der Waals surface area contributed by atoms with E-state index in [0.29, 0.717) is 6.61 Å². The van der Waals surface area contributed by atoms with Gasteiger partial charge in [0.15, 0.2) is 0 Å². The van der Waals surface area contributed by atoms with Crippen LogP contribution in [-0.4, -0.2) is 12.0 Å². The molecular weight excluding hydrogens is 232 g/mol. The molecule has 0 bridgehead atoms. The zero-order chi connectivity index (χ0) is 12.3. The van der Waals surface area contributed by atoms with E-state index in [1.54, 1.807) is 7.11 Å². The first-order valence-electron chi connectivity index (χ1n) is 6.23. The van der Waals surface area contributed by atoms with Gasteiger partial charge < -0.3 is 9.47 Å². The molecule has 0 amide bonds. The van der Waals surface area contributed by atoms with Gasteiger partial charge in [-0.05, 0) is 24.5 Å². The van der Waals surface area contributed by atoms with Gasteiger partial charge in [0.1, 0.15) is 10.7 Å². The number of methoxy groups -OCH3 is 1. The molecule has 0 aromatic heterocycles.